The summed E-state index contributed by atoms with van der Waals surface area (Å²) in [4.78, 5) is 28.2. The molecule has 8 heteroatoms. The first kappa shape index (κ1) is 26.9. The highest BCUT2D eigenvalue weighted by Crippen LogP contribution is 2.24. The molecule has 3 rings (SSSR count). The quantitative estimate of drug-likeness (QED) is 0.447. The predicted octanol–water partition coefficient (Wildman–Crippen LogP) is 4.13. The minimum atomic E-state index is -4.04. The number of hydrogen-bond acceptors (Lipinski definition) is 4. The van der Waals surface area contributed by atoms with Crippen molar-refractivity contribution in [3.05, 3.63) is 96.1 Å². The predicted molar refractivity (Wildman–Crippen MR) is 142 cm³/mol. The summed E-state index contributed by atoms with van der Waals surface area (Å²) in [6.45, 7) is 7.02. The number of hydrogen-bond donors (Lipinski definition) is 1. The van der Waals surface area contributed by atoms with E-state index < -0.39 is 28.5 Å². The lowest BCUT2D eigenvalue weighted by atomic mass is 10.1. The van der Waals surface area contributed by atoms with Gasteiger partial charge in [-0.3, -0.25) is 13.9 Å². The summed E-state index contributed by atoms with van der Waals surface area (Å²) in [5, 5.41) is 2.85. The van der Waals surface area contributed by atoms with Crippen molar-refractivity contribution in [1.82, 2.24) is 10.2 Å². The topological polar surface area (TPSA) is 86.8 Å². The van der Waals surface area contributed by atoms with E-state index in [2.05, 4.69) is 5.32 Å². The van der Waals surface area contributed by atoms with E-state index in [-0.39, 0.29) is 23.4 Å². The highest BCUT2D eigenvalue weighted by atomic mass is 32.2. The Morgan fingerprint density at radius 3 is 2.06 bits per heavy atom. The Morgan fingerprint density at radius 2 is 1.47 bits per heavy atom. The van der Waals surface area contributed by atoms with Gasteiger partial charge in [0.2, 0.25) is 11.8 Å². The maximum absolute atomic E-state index is 13.8. The summed E-state index contributed by atoms with van der Waals surface area (Å²) in [6, 6.07) is 23.3. The average molecular weight is 508 g/mol. The number of carbonyl (C=O) groups is 2. The summed E-state index contributed by atoms with van der Waals surface area (Å²) < 4.78 is 28.3. The number of para-hydroxylation sites is 1. The molecule has 3 aromatic carbocycles. The van der Waals surface area contributed by atoms with Crippen molar-refractivity contribution in [3.63, 3.8) is 0 Å². The molecular weight excluding hydrogens is 474 g/mol. The fraction of sp³-hybridized carbons (Fsp3) is 0.286. The number of amides is 2. The first-order valence-corrected chi connectivity index (χ1v) is 13.3. The number of sulfonamides is 1. The zero-order valence-electron chi connectivity index (χ0n) is 21.1. The maximum atomic E-state index is 13.8. The van der Waals surface area contributed by atoms with Crippen molar-refractivity contribution >= 4 is 27.5 Å². The van der Waals surface area contributed by atoms with Crippen LogP contribution in [0.4, 0.5) is 5.69 Å². The second kappa shape index (κ2) is 11.9. The Kier molecular flexibility index (Phi) is 8.88. The molecule has 0 fully saturated rings. The summed E-state index contributed by atoms with van der Waals surface area (Å²) >= 11 is 0. The Bertz CT molecular complexity index is 1280. The van der Waals surface area contributed by atoms with Crippen LogP contribution in [0.15, 0.2) is 89.8 Å². The third kappa shape index (κ3) is 6.73. The number of anilines is 1. The van der Waals surface area contributed by atoms with E-state index in [9.17, 15) is 18.0 Å². The van der Waals surface area contributed by atoms with Gasteiger partial charge < -0.3 is 10.2 Å². The molecule has 0 bridgehead atoms. The molecule has 0 aliphatic rings. The standard InChI is InChI=1S/C28H33N3O4S/c1-21(2)29-28(33)23(4)30(19-24-13-11-12-22(3)18-24)27(32)20-31(25-14-7-5-8-15-25)36(34,35)26-16-9-6-10-17-26/h5-18,21,23H,19-20H2,1-4H3,(H,29,33). The first-order valence-electron chi connectivity index (χ1n) is 11.9. The van der Waals surface area contributed by atoms with Crippen LogP contribution in [0.3, 0.4) is 0 Å². The van der Waals surface area contributed by atoms with Gasteiger partial charge in [-0.15, -0.1) is 0 Å². The van der Waals surface area contributed by atoms with Crippen LogP contribution in [-0.2, 0) is 26.2 Å². The van der Waals surface area contributed by atoms with Crippen molar-refractivity contribution in [2.24, 2.45) is 0 Å². The molecular formula is C28H33N3O4S. The van der Waals surface area contributed by atoms with Gasteiger partial charge in [-0.25, -0.2) is 8.42 Å². The van der Waals surface area contributed by atoms with Gasteiger partial charge in [-0.1, -0.05) is 66.2 Å². The van der Waals surface area contributed by atoms with E-state index >= 15 is 0 Å². The minimum Gasteiger partial charge on any atom is -0.352 e. The van der Waals surface area contributed by atoms with Crippen LogP contribution in [0.5, 0.6) is 0 Å². The number of aryl methyl sites for hydroxylation is 1. The Balaban J connectivity index is 1.99. The number of carbonyl (C=O) groups excluding carboxylic acids is 2. The molecule has 3 aromatic rings. The van der Waals surface area contributed by atoms with Gasteiger partial charge in [0, 0.05) is 12.6 Å². The average Bonchev–Trinajstić information content (AvgIpc) is 2.86. The fourth-order valence-electron chi connectivity index (χ4n) is 3.84. The van der Waals surface area contributed by atoms with Gasteiger partial charge >= 0.3 is 0 Å². The lowest BCUT2D eigenvalue weighted by Gasteiger charge is -2.32. The highest BCUT2D eigenvalue weighted by molar-refractivity contribution is 7.92. The number of rotatable bonds is 10. The monoisotopic (exact) mass is 507 g/mol. The van der Waals surface area contributed by atoms with E-state index in [1.807, 2.05) is 45.0 Å². The lowest BCUT2D eigenvalue weighted by molar-refractivity contribution is -0.139. The molecule has 0 aliphatic carbocycles. The number of nitrogens with one attached hydrogen (secondary N) is 1. The van der Waals surface area contributed by atoms with Crippen LogP contribution in [0.2, 0.25) is 0 Å². The lowest BCUT2D eigenvalue weighted by Crippen LogP contribution is -2.52. The largest absolute Gasteiger partial charge is 0.352 e. The Morgan fingerprint density at radius 1 is 0.861 bits per heavy atom. The normalized spacial score (nSPS) is 12.1. The zero-order valence-corrected chi connectivity index (χ0v) is 21.9. The molecule has 36 heavy (non-hydrogen) atoms. The molecule has 0 heterocycles. The molecule has 0 radical (unpaired) electrons. The van der Waals surface area contributed by atoms with Crippen LogP contribution >= 0.6 is 0 Å². The Labute approximate surface area is 213 Å². The molecule has 0 saturated carbocycles. The zero-order chi connectivity index (χ0) is 26.3. The van der Waals surface area contributed by atoms with E-state index in [0.717, 1.165) is 15.4 Å². The van der Waals surface area contributed by atoms with E-state index in [0.29, 0.717) is 5.69 Å². The summed E-state index contributed by atoms with van der Waals surface area (Å²) in [7, 11) is -4.04. The summed E-state index contributed by atoms with van der Waals surface area (Å²) in [5.41, 5.74) is 2.24. The SMILES string of the molecule is Cc1cccc(CN(C(=O)CN(c2ccccc2)S(=O)(=O)c2ccccc2)C(C)C(=O)NC(C)C)c1. The second-order valence-electron chi connectivity index (χ2n) is 9.01. The van der Waals surface area contributed by atoms with Crippen LogP contribution in [-0.4, -0.2) is 43.8 Å². The molecule has 0 spiro atoms. The third-order valence-corrected chi connectivity index (χ3v) is 7.48. The molecule has 1 N–H and O–H groups in total. The van der Waals surface area contributed by atoms with Crippen LogP contribution in [0.25, 0.3) is 0 Å². The molecule has 7 nitrogen and oxygen atoms in total. The van der Waals surface area contributed by atoms with Crippen molar-refractivity contribution < 1.29 is 18.0 Å². The molecule has 1 atom stereocenters. The molecule has 2 amide bonds. The molecule has 0 aliphatic heterocycles. The van der Waals surface area contributed by atoms with Gasteiger partial charge in [-0.05, 0) is 57.5 Å². The van der Waals surface area contributed by atoms with Crippen LogP contribution < -0.4 is 9.62 Å². The smallest absolute Gasteiger partial charge is 0.264 e. The van der Waals surface area contributed by atoms with Gasteiger partial charge in [0.1, 0.15) is 12.6 Å². The highest BCUT2D eigenvalue weighted by Gasteiger charge is 2.32. The van der Waals surface area contributed by atoms with E-state index in [4.69, 9.17) is 0 Å². The molecule has 1 unspecified atom stereocenters. The van der Waals surface area contributed by atoms with Crippen LogP contribution in [0, 0.1) is 6.92 Å². The van der Waals surface area contributed by atoms with Gasteiger partial charge in [0.05, 0.1) is 10.6 Å². The van der Waals surface area contributed by atoms with Gasteiger partial charge in [0.25, 0.3) is 10.0 Å². The van der Waals surface area contributed by atoms with E-state index in [1.54, 1.807) is 55.5 Å². The van der Waals surface area contributed by atoms with Crippen molar-refractivity contribution in [1.29, 1.82) is 0 Å². The van der Waals surface area contributed by atoms with Crippen molar-refractivity contribution in [2.45, 2.75) is 51.2 Å². The first-order chi connectivity index (χ1) is 17.1. The van der Waals surface area contributed by atoms with Gasteiger partial charge in [0.15, 0.2) is 0 Å². The maximum Gasteiger partial charge on any atom is 0.264 e. The molecule has 190 valence electrons. The molecule has 0 saturated heterocycles. The second-order valence-corrected chi connectivity index (χ2v) is 10.9. The van der Waals surface area contributed by atoms with Crippen molar-refractivity contribution in [2.75, 3.05) is 10.8 Å². The summed E-state index contributed by atoms with van der Waals surface area (Å²) in [5.74, 6) is -0.783. The van der Waals surface area contributed by atoms with Crippen molar-refractivity contribution in [3.8, 4) is 0 Å². The molecule has 0 aromatic heterocycles. The number of benzene rings is 3. The third-order valence-electron chi connectivity index (χ3n) is 5.69. The van der Waals surface area contributed by atoms with Crippen LogP contribution in [0.1, 0.15) is 31.9 Å². The summed E-state index contributed by atoms with van der Waals surface area (Å²) in [6.07, 6.45) is 0. The van der Waals surface area contributed by atoms with Gasteiger partial charge in [-0.2, -0.15) is 0 Å². The number of nitrogens with zero attached hydrogens (tertiary/aromatic N) is 2. The Hall–Kier alpha value is -3.65. The minimum absolute atomic E-state index is 0.0810. The fourth-order valence-corrected chi connectivity index (χ4v) is 5.27. The van der Waals surface area contributed by atoms with E-state index in [1.165, 1.54) is 17.0 Å².